The molecule has 35 heavy (non-hydrogen) atoms. The van der Waals surface area contributed by atoms with Crippen LogP contribution in [-0.2, 0) is 11.3 Å². The number of hydrogen-bond acceptors (Lipinski definition) is 7. The second kappa shape index (κ2) is 9.93. The molecule has 186 valence electrons. The van der Waals surface area contributed by atoms with E-state index in [0.29, 0.717) is 42.1 Å². The van der Waals surface area contributed by atoms with Gasteiger partial charge < -0.3 is 20.3 Å². The average Bonchev–Trinajstić information content (AvgIpc) is 2.80. The Morgan fingerprint density at radius 2 is 2.03 bits per heavy atom. The van der Waals surface area contributed by atoms with Crippen molar-refractivity contribution in [3.8, 4) is 5.75 Å². The third-order valence-electron chi connectivity index (χ3n) is 6.71. The number of carbonyl (C=O) groups excluding carboxylic acids is 1. The third kappa shape index (κ3) is 4.63. The molecule has 10 heteroatoms. The fraction of sp³-hybridized carbons (Fsp3) is 0.400. The van der Waals surface area contributed by atoms with E-state index in [1.165, 1.54) is 12.4 Å². The molecule has 0 radical (unpaired) electrons. The van der Waals surface area contributed by atoms with Crippen molar-refractivity contribution in [2.24, 2.45) is 0 Å². The van der Waals surface area contributed by atoms with Crippen LogP contribution in [-0.4, -0.2) is 71.6 Å². The number of nitrogens with one attached hydrogen (secondary N) is 2. The molecule has 2 N–H and O–H groups in total. The molecular weight excluding hydrogens is 471 g/mol. The van der Waals surface area contributed by atoms with Crippen molar-refractivity contribution in [1.29, 1.82) is 0 Å². The van der Waals surface area contributed by atoms with E-state index >= 15 is 0 Å². The minimum Gasteiger partial charge on any atom is -0.496 e. The van der Waals surface area contributed by atoms with Crippen LogP contribution in [0, 0.1) is 5.82 Å². The van der Waals surface area contributed by atoms with Gasteiger partial charge in [0.2, 0.25) is 5.91 Å². The Morgan fingerprint density at radius 1 is 1.29 bits per heavy atom. The number of carbonyl (C=O) groups is 1. The number of fused-ring (bicyclic) bond motifs is 1. The van der Waals surface area contributed by atoms with Crippen molar-refractivity contribution >= 4 is 39.9 Å². The van der Waals surface area contributed by atoms with Crippen LogP contribution in [0.25, 0.3) is 10.9 Å². The summed E-state index contributed by atoms with van der Waals surface area (Å²) in [4.78, 5) is 25.9. The van der Waals surface area contributed by atoms with Gasteiger partial charge in [0.15, 0.2) is 5.82 Å². The largest absolute Gasteiger partial charge is 0.496 e. The monoisotopic (exact) mass is 500 g/mol. The molecule has 1 amide bonds. The molecule has 8 nitrogen and oxygen atoms in total. The molecule has 2 heterocycles. The summed E-state index contributed by atoms with van der Waals surface area (Å²) in [6.07, 6.45) is 1.41. The lowest BCUT2D eigenvalue weighted by Gasteiger charge is -2.49. The van der Waals surface area contributed by atoms with Gasteiger partial charge in [-0.3, -0.25) is 9.69 Å². The lowest BCUT2D eigenvalue weighted by molar-refractivity contribution is -0.148. The van der Waals surface area contributed by atoms with E-state index in [1.807, 2.05) is 40.1 Å². The van der Waals surface area contributed by atoms with Gasteiger partial charge in [-0.1, -0.05) is 17.7 Å². The molecule has 4 rings (SSSR count). The molecule has 0 saturated carbocycles. The first-order valence-corrected chi connectivity index (χ1v) is 11.8. The second-order valence-electron chi connectivity index (χ2n) is 9.13. The lowest BCUT2D eigenvalue weighted by atomic mass is 9.87. The van der Waals surface area contributed by atoms with Crippen LogP contribution in [0.3, 0.4) is 0 Å². The van der Waals surface area contributed by atoms with Crippen LogP contribution in [0.5, 0.6) is 5.75 Å². The summed E-state index contributed by atoms with van der Waals surface area (Å²) in [5.74, 6) is 0.616. The Bertz CT molecular complexity index is 1250. The van der Waals surface area contributed by atoms with Gasteiger partial charge in [-0.15, -0.1) is 0 Å². The van der Waals surface area contributed by atoms with Crippen molar-refractivity contribution in [3.63, 3.8) is 0 Å². The van der Waals surface area contributed by atoms with Crippen molar-refractivity contribution in [3.05, 3.63) is 53.1 Å². The van der Waals surface area contributed by atoms with E-state index in [-0.39, 0.29) is 22.7 Å². The molecule has 1 fully saturated rings. The summed E-state index contributed by atoms with van der Waals surface area (Å²) < 4.78 is 20.2. The fourth-order valence-corrected chi connectivity index (χ4v) is 4.36. The maximum absolute atomic E-state index is 14.5. The number of halogens is 2. The predicted octanol–water partition coefficient (Wildman–Crippen LogP) is 3.82. The number of likely N-dealkylation sites (N-methyl/N-ethyl adjacent to an activating group) is 2. The number of anilines is 2. The van der Waals surface area contributed by atoms with Crippen LogP contribution in [0.1, 0.15) is 19.4 Å². The van der Waals surface area contributed by atoms with E-state index < -0.39 is 11.4 Å². The molecule has 0 spiro atoms. The number of ether oxygens (including phenoxy) is 1. The predicted molar refractivity (Wildman–Crippen MR) is 136 cm³/mol. The highest BCUT2D eigenvalue weighted by Crippen LogP contribution is 2.33. The zero-order valence-corrected chi connectivity index (χ0v) is 21.3. The van der Waals surface area contributed by atoms with Crippen LogP contribution in [0.4, 0.5) is 15.9 Å². The van der Waals surface area contributed by atoms with E-state index in [2.05, 4.69) is 25.5 Å². The van der Waals surface area contributed by atoms with E-state index in [1.54, 1.807) is 24.1 Å². The number of benzene rings is 2. The summed E-state index contributed by atoms with van der Waals surface area (Å²) >= 11 is 5.94. The normalized spacial score (nSPS) is 14.8. The summed E-state index contributed by atoms with van der Waals surface area (Å²) in [7, 11) is 5.38. The Hall–Kier alpha value is -3.01. The van der Waals surface area contributed by atoms with Gasteiger partial charge in [-0.2, -0.15) is 0 Å². The molecule has 1 aliphatic heterocycles. The highest BCUT2D eigenvalue weighted by molar-refractivity contribution is 6.31. The molecule has 1 saturated heterocycles. The number of hydrogen-bond donors (Lipinski definition) is 2. The van der Waals surface area contributed by atoms with Gasteiger partial charge in [-0.25, -0.2) is 14.4 Å². The molecular formula is C25H30ClFN6O2. The van der Waals surface area contributed by atoms with Crippen molar-refractivity contribution < 1.29 is 13.9 Å². The molecule has 2 aromatic carbocycles. The van der Waals surface area contributed by atoms with E-state index in [4.69, 9.17) is 16.3 Å². The van der Waals surface area contributed by atoms with Crippen LogP contribution < -0.4 is 15.4 Å². The first-order valence-electron chi connectivity index (χ1n) is 11.4. The van der Waals surface area contributed by atoms with Gasteiger partial charge in [0.05, 0.1) is 23.3 Å². The maximum Gasteiger partial charge on any atom is 0.245 e. The Balaban J connectivity index is 1.70. The minimum absolute atomic E-state index is 0.0211. The van der Waals surface area contributed by atoms with Gasteiger partial charge in [-0.05, 0) is 39.1 Å². The van der Waals surface area contributed by atoms with E-state index in [0.717, 1.165) is 5.56 Å². The van der Waals surface area contributed by atoms with Crippen LogP contribution in [0.15, 0.2) is 36.7 Å². The van der Waals surface area contributed by atoms with Crippen LogP contribution in [0.2, 0.25) is 5.02 Å². The van der Waals surface area contributed by atoms with Crippen molar-refractivity contribution in [2.45, 2.75) is 32.0 Å². The zero-order valence-electron chi connectivity index (χ0n) is 20.5. The van der Waals surface area contributed by atoms with Gasteiger partial charge in [0.1, 0.15) is 23.4 Å². The highest BCUT2D eigenvalue weighted by atomic mass is 35.5. The van der Waals surface area contributed by atoms with Crippen LogP contribution >= 0.6 is 11.6 Å². The smallest absolute Gasteiger partial charge is 0.245 e. The average molecular weight is 501 g/mol. The molecule has 0 unspecified atom stereocenters. The summed E-state index contributed by atoms with van der Waals surface area (Å²) in [5.41, 5.74) is 1.08. The SMILES string of the molecule is COc1cc2ncnc(Nc3cccc(Cl)c3F)c2cc1CN(C)C1(C(=O)N(C)C(C)C)CNC1. The fourth-order valence-electron chi connectivity index (χ4n) is 4.19. The molecule has 0 bridgehead atoms. The molecule has 0 atom stereocenters. The number of aromatic nitrogens is 2. The Labute approximate surface area is 209 Å². The molecule has 1 aromatic heterocycles. The Morgan fingerprint density at radius 3 is 2.66 bits per heavy atom. The van der Waals surface area contributed by atoms with E-state index in [9.17, 15) is 9.18 Å². The maximum atomic E-state index is 14.5. The highest BCUT2D eigenvalue weighted by Gasteiger charge is 2.49. The summed E-state index contributed by atoms with van der Waals surface area (Å²) in [6, 6.07) is 8.60. The quantitative estimate of drug-likeness (QED) is 0.486. The van der Waals surface area contributed by atoms with Gasteiger partial charge >= 0.3 is 0 Å². The zero-order chi connectivity index (χ0) is 25.3. The Kier molecular flexibility index (Phi) is 7.12. The first-order chi connectivity index (χ1) is 16.7. The third-order valence-corrected chi connectivity index (χ3v) is 7.00. The van der Waals surface area contributed by atoms with Crippen molar-refractivity contribution in [2.75, 3.05) is 39.6 Å². The lowest BCUT2D eigenvalue weighted by Crippen LogP contribution is -2.74. The molecule has 3 aromatic rings. The van der Waals surface area contributed by atoms with Gasteiger partial charge in [0, 0.05) is 49.7 Å². The number of methoxy groups -OCH3 is 1. The molecule has 1 aliphatic rings. The summed E-state index contributed by atoms with van der Waals surface area (Å²) in [6.45, 7) is 5.60. The van der Waals surface area contributed by atoms with Crippen molar-refractivity contribution in [1.82, 2.24) is 25.1 Å². The first kappa shape index (κ1) is 25.1. The van der Waals surface area contributed by atoms with Gasteiger partial charge in [0.25, 0.3) is 0 Å². The standard InChI is InChI=1S/C25H30ClFN6O2/c1-15(2)33(4)24(34)25(12-28-13-25)32(3)11-16-9-17-20(10-21(16)35-5)29-14-30-23(17)31-19-8-6-7-18(26)22(19)27/h6-10,14-15,28H,11-13H2,1-5H3,(H,29,30,31). The number of nitrogens with zero attached hydrogens (tertiary/aromatic N) is 4. The molecule has 0 aliphatic carbocycles. The number of amides is 1. The number of rotatable bonds is 8. The summed E-state index contributed by atoms with van der Waals surface area (Å²) in [5, 5.41) is 7.01. The minimum atomic E-state index is -0.642. The topological polar surface area (TPSA) is 82.6 Å². The second-order valence-corrected chi connectivity index (χ2v) is 9.54.